The third-order valence-electron chi connectivity index (χ3n) is 6.65. The van der Waals surface area contributed by atoms with Gasteiger partial charge in [-0.2, -0.15) is 0 Å². The fourth-order valence-corrected chi connectivity index (χ4v) is 5.59. The summed E-state index contributed by atoms with van der Waals surface area (Å²) in [6.45, 7) is 6.12. The number of amides is 2. The van der Waals surface area contributed by atoms with Crippen LogP contribution in [0.4, 0.5) is 14.5 Å². The van der Waals surface area contributed by atoms with Crippen molar-refractivity contribution in [2.45, 2.75) is 50.6 Å². The minimum Gasteiger partial charge on any atom is -0.347 e. The zero-order valence-electron chi connectivity index (χ0n) is 19.3. The van der Waals surface area contributed by atoms with Crippen LogP contribution >= 0.6 is 11.6 Å². The number of hydrogen-bond donors (Lipinski definition) is 2. The first kappa shape index (κ1) is 23.6. The number of benzene rings is 2. The first-order valence-corrected chi connectivity index (χ1v) is 11.3. The van der Waals surface area contributed by atoms with Crippen molar-refractivity contribution in [1.82, 2.24) is 10.2 Å². The molecule has 1 fully saturated rings. The molecule has 2 aromatic carbocycles. The number of hydrogen-bond acceptors (Lipinski definition) is 3. The molecule has 2 aliphatic rings. The average Bonchev–Trinajstić information content (AvgIpc) is 3.18. The fraction of sp³-hybridized carbons (Fsp3) is 0.440. The molecular weight excluding hydrogens is 448 g/mol. The highest BCUT2D eigenvalue weighted by molar-refractivity contribution is 6.31. The monoisotopic (exact) mass is 475 g/mol. The van der Waals surface area contributed by atoms with Crippen LogP contribution in [0.3, 0.4) is 0 Å². The third-order valence-corrected chi connectivity index (χ3v) is 6.88. The van der Waals surface area contributed by atoms with Gasteiger partial charge in [-0.05, 0) is 41.2 Å². The molecule has 0 aliphatic carbocycles. The van der Waals surface area contributed by atoms with E-state index < -0.39 is 35.1 Å². The van der Waals surface area contributed by atoms with Crippen LogP contribution in [0.25, 0.3) is 0 Å². The summed E-state index contributed by atoms with van der Waals surface area (Å²) in [5, 5.41) is 6.72. The number of nitrogens with zero attached hydrogens (tertiary/aromatic N) is 1. The molecule has 5 nitrogen and oxygen atoms in total. The van der Waals surface area contributed by atoms with E-state index in [0.717, 1.165) is 6.07 Å². The molecule has 2 amide bonds. The smallest absolute Gasteiger partial charge is 0.239 e. The van der Waals surface area contributed by atoms with E-state index in [4.69, 9.17) is 11.6 Å². The lowest BCUT2D eigenvalue weighted by Crippen LogP contribution is -2.49. The zero-order valence-corrected chi connectivity index (χ0v) is 20.1. The van der Waals surface area contributed by atoms with E-state index in [9.17, 15) is 14.0 Å². The van der Waals surface area contributed by atoms with Gasteiger partial charge in [-0.15, -0.1) is 0 Å². The number of carbonyl (C=O) groups is 2. The van der Waals surface area contributed by atoms with Gasteiger partial charge in [0.15, 0.2) is 11.6 Å². The molecule has 4 atom stereocenters. The molecule has 2 aromatic rings. The van der Waals surface area contributed by atoms with Crippen LogP contribution in [-0.2, 0) is 15.0 Å². The molecule has 8 heteroatoms. The van der Waals surface area contributed by atoms with Crippen molar-refractivity contribution in [1.29, 1.82) is 0 Å². The Hall–Kier alpha value is -2.51. The number of rotatable bonds is 3. The van der Waals surface area contributed by atoms with Crippen molar-refractivity contribution in [3.63, 3.8) is 0 Å². The lowest BCUT2D eigenvalue weighted by molar-refractivity contribution is -0.131. The maximum Gasteiger partial charge on any atom is 0.239 e. The summed E-state index contributed by atoms with van der Waals surface area (Å²) < 4.78 is 29.7. The van der Waals surface area contributed by atoms with Crippen molar-refractivity contribution in [3.8, 4) is 0 Å². The van der Waals surface area contributed by atoms with Gasteiger partial charge in [0, 0.05) is 36.8 Å². The molecule has 0 aromatic heterocycles. The fourth-order valence-electron chi connectivity index (χ4n) is 5.42. The Morgan fingerprint density at radius 3 is 2.52 bits per heavy atom. The first-order valence-electron chi connectivity index (χ1n) is 10.9. The molecule has 1 saturated heterocycles. The van der Waals surface area contributed by atoms with Crippen molar-refractivity contribution in [2.24, 2.45) is 5.41 Å². The Bertz CT molecular complexity index is 1130. The molecule has 1 spiro atoms. The second-order valence-electron chi connectivity index (χ2n) is 10.3. The van der Waals surface area contributed by atoms with Crippen LogP contribution in [0.1, 0.15) is 44.2 Å². The summed E-state index contributed by atoms with van der Waals surface area (Å²) in [5.41, 5.74) is -0.411. The molecule has 4 rings (SSSR count). The Morgan fingerprint density at radius 2 is 1.88 bits per heavy atom. The zero-order chi connectivity index (χ0) is 24.3. The predicted octanol–water partition coefficient (Wildman–Crippen LogP) is 4.46. The molecular formula is C25H28ClF2N3O2. The largest absolute Gasteiger partial charge is 0.347 e. The minimum atomic E-state index is -1.34. The molecule has 2 N–H and O–H groups in total. The SMILES string of the molecule is CN(C)C(=O)[C@@H]1N[C@H](CC(C)(C)C)[C@]2(C(=O)Nc3cc(Cl)ccc32)[C@H]1c1cccc(F)c1F. The standard InChI is InChI=1S/C25H28ClF2N3O2/c1-24(2,3)12-18-25(15-10-9-13(26)11-17(15)29-23(25)33)19(21(30-18)22(32)31(4)5)14-7-6-8-16(27)20(14)28/h6-11,18-19,21,30H,12H2,1-5H3,(H,29,33)/t18-,19+,21-,25+/m1/s1. The van der Waals surface area contributed by atoms with Crippen molar-refractivity contribution in [2.75, 3.05) is 19.4 Å². The van der Waals surface area contributed by atoms with E-state index in [-0.39, 0.29) is 22.8 Å². The highest BCUT2D eigenvalue weighted by Crippen LogP contribution is 2.57. The molecule has 2 aliphatic heterocycles. The van der Waals surface area contributed by atoms with Crippen LogP contribution in [0.5, 0.6) is 0 Å². The van der Waals surface area contributed by atoms with Gasteiger partial charge < -0.3 is 15.5 Å². The first-order chi connectivity index (χ1) is 15.4. The highest BCUT2D eigenvalue weighted by Gasteiger charge is 2.66. The Kier molecular flexibility index (Phi) is 5.78. The predicted molar refractivity (Wildman–Crippen MR) is 124 cm³/mol. The second kappa shape index (κ2) is 8.06. The minimum absolute atomic E-state index is 0.00272. The molecule has 0 radical (unpaired) electrons. The van der Waals surface area contributed by atoms with E-state index in [1.807, 2.05) is 20.8 Å². The van der Waals surface area contributed by atoms with Gasteiger partial charge in [0.25, 0.3) is 0 Å². The highest BCUT2D eigenvalue weighted by atomic mass is 35.5. The lowest BCUT2D eigenvalue weighted by Gasteiger charge is -2.37. The number of halogens is 3. The van der Waals surface area contributed by atoms with Crippen LogP contribution < -0.4 is 10.6 Å². The van der Waals surface area contributed by atoms with E-state index in [1.165, 1.54) is 17.0 Å². The summed E-state index contributed by atoms with van der Waals surface area (Å²) >= 11 is 6.19. The van der Waals surface area contributed by atoms with Gasteiger partial charge in [-0.25, -0.2) is 8.78 Å². The van der Waals surface area contributed by atoms with E-state index in [1.54, 1.807) is 32.3 Å². The van der Waals surface area contributed by atoms with Crippen LogP contribution in [-0.4, -0.2) is 42.9 Å². The number of anilines is 1. The molecule has 2 heterocycles. The summed E-state index contributed by atoms with van der Waals surface area (Å²) in [6.07, 6.45) is 0.521. The molecule has 0 bridgehead atoms. The van der Waals surface area contributed by atoms with Gasteiger partial charge in [0.1, 0.15) is 5.41 Å². The summed E-state index contributed by atoms with van der Waals surface area (Å²) in [4.78, 5) is 28.6. The van der Waals surface area contributed by atoms with Gasteiger partial charge in [0.05, 0.1) is 6.04 Å². The number of fused-ring (bicyclic) bond motifs is 2. The topological polar surface area (TPSA) is 61.4 Å². The number of likely N-dealkylation sites (N-methyl/N-ethyl adjacent to an activating group) is 1. The molecule has 0 unspecified atom stereocenters. The number of nitrogens with one attached hydrogen (secondary N) is 2. The lowest BCUT2D eigenvalue weighted by atomic mass is 9.62. The maximum absolute atomic E-state index is 15.3. The Morgan fingerprint density at radius 1 is 1.18 bits per heavy atom. The maximum atomic E-state index is 15.3. The second-order valence-corrected chi connectivity index (χ2v) is 10.8. The van der Waals surface area contributed by atoms with Crippen LogP contribution in [0.2, 0.25) is 5.02 Å². The van der Waals surface area contributed by atoms with Crippen LogP contribution in [0.15, 0.2) is 36.4 Å². The summed E-state index contributed by atoms with van der Waals surface area (Å²) in [6, 6.07) is 7.53. The van der Waals surface area contributed by atoms with Gasteiger partial charge in [0.2, 0.25) is 11.8 Å². The number of carbonyl (C=O) groups excluding carboxylic acids is 2. The Balaban J connectivity index is 2.05. The summed E-state index contributed by atoms with van der Waals surface area (Å²) in [5.74, 6) is -3.71. The third kappa shape index (κ3) is 3.71. The van der Waals surface area contributed by atoms with Gasteiger partial charge in [-0.3, -0.25) is 9.59 Å². The average molecular weight is 476 g/mol. The Labute approximate surface area is 197 Å². The van der Waals surface area contributed by atoms with E-state index >= 15 is 4.39 Å². The normalized spacial score (nSPS) is 26.4. The van der Waals surface area contributed by atoms with Crippen molar-refractivity contribution >= 4 is 29.1 Å². The van der Waals surface area contributed by atoms with Crippen molar-refractivity contribution < 1.29 is 18.4 Å². The molecule has 33 heavy (non-hydrogen) atoms. The molecule has 176 valence electrons. The van der Waals surface area contributed by atoms with Gasteiger partial charge in [-0.1, -0.05) is 50.6 Å². The quantitative estimate of drug-likeness (QED) is 0.689. The van der Waals surface area contributed by atoms with E-state index in [0.29, 0.717) is 22.7 Å². The van der Waals surface area contributed by atoms with Crippen LogP contribution in [0, 0.1) is 17.0 Å². The molecule has 0 saturated carbocycles. The van der Waals surface area contributed by atoms with Crippen molar-refractivity contribution in [3.05, 3.63) is 64.2 Å². The van der Waals surface area contributed by atoms with E-state index in [2.05, 4.69) is 10.6 Å². The summed E-state index contributed by atoms with van der Waals surface area (Å²) in [7, 11) is 3.21. The van der Waals surface area contributed by atoms with Gasteiger partial charge >= 0.3 is 0 Å².